The lowest BCUT2D eigenvalue weighted by Crippen LogP contribution is -2.22. The molecule has 0 saturated carbocycles. The van der Waals surface area contributed by atoms with E-state index in [2.05, 4.69) is 45.1 Å². The summed E-state index contributed by atoms with van der Waals surface area (Å²) in [4.78, 5) is 0. The van der Waals surface area contributed by atoms with Crippen molar-refractivity contribution >= 4 is 0 Å². The zero-order valence-electron chi connectivity index (χ0n) is 8.51. The van der Waals surface area contributed by atoms with Gasteiger partial charge < -0.3 is 0 Å². The molecule has 1 rings (SSSR count). The van der Waals surface area contributed by atoms with Crippen molar-refractivity contribution in [3.05, 3.63) is 24.3 Å². The third-order valence-electron chi connectivity index (χ3n) is 3.10. The van der Waals surface area contributed by atoms with Crippen molar-refractivity contribution in [1.29, 1.82) is 0 Å². The molecule has 0 bridgehead atoms. The molecule has 2 atom stereocenters. The van der Waals surface area contributed by atoms with Crippen LogP contribution in [0.15, 0.2) is 24.3 Å². The zero-order chi connectivity index (χ0) is 9.03. The van der Waals surface area contributed by atoms with Gasteiger partial charge in [0, 0.05) is 0 Å². The highest BCUT2D eigenvalue weighted by Gasteiger charge is 2.26. The highest BCUT2D eigenvalue weighted by atomic mass is 14.3. The van der Waals surface area contributed by atoms with Gasteiger partial charge in [-0.1, -0.05) is 57.9 Å². The van der Waals surface area contributed by atoms with Crippen LogP contribution in [0.4, 0.5) is 0 Å². The average molecular weight is 164 g/mol. The second kappa shape index (κ2) is 3.93. The fourth-order valence-electron chi connectivity index (χ4n) is 1.75. The van der Waals surface area contributed by atoms with Crippen LogP contribution in [0.3, 0.4) is 0 Å². The van der Waals surface area contributed by atoms with Crippen LogP contribution in [-0.2, 0) is 0 Å². The minimum Gasteiger partial charge on any atom is -0.0809 e. The molecule has 0 aromatic carbocycles. The molecular formula is C12H20. The Bertz CT molecular complexity index is 188. The maximum absolute atomic E-state index is 2.37. The molecule has 0 nitrogen and oxygen atoms in total. The van der Waals surface area contributed by atoms with Gasteiger partial charge in [-0.15, -0.1) is 0 Å². The molecule has 0 heteroatoms. The smallest absolute Gasteiger partial charge is 0.00832 e. The van der Waals surface area contributed by atoms with E-state index in [4.69, 9.17) is 0 Å². The van der Waals surface area contributed by atoms with Gasteiger partial charge in [0.25, 0.3) is 0 Å². The monoisotopic (exact) mass is 164 g/mol. The van der Waals surface area contributed by atoms with Crippen LogP contribution in [0.25, 0.3) is 0 Å². The summed E-state index contributed by atoms with van der Waals surface area (Å²) in [7, 11) is 0. The van der Waals surface area contributed by atoms with E-state index in [-0.39, 0.29) is 0 Å². The maximum Gasteiger partial charge on any atom is -0.00832 e. The third kappa shape index (κ3) is 2.00. The summed E-state index contributed by atoms with van der Waals surface area (Å²) in [6.07, 6.45) is 13.0. The normalized spacial score (nSPS) is 34.1. The Hall–Kier alpha value is -0.520. The fraction of sp³-hybridized carbons (Fsp3) is 0.667. The summed E-state index contributed by atoms with van der Waals surface area (Å²) < 4.78 is 0. The lowest BCUT2D eigenvalue weighted by Gasteiger charge is -2.33. The predicted octanol–water partition coefficient (Wildman–Crippen LogP) is 3.95. The summed E-state index contributed by atoms with van der Waals surface area (Å²) in [5, 5.41) is 0. The molecule has 0 spiro atoms. The molecule has 0 fully saturated rings. The number of hydrogen-bond acceptors (Lipinski definition) is 0. The number of unbranched alkanes of at least 4 members (excludes halogenated alkanes) is 1. The topological polar surface area (TPSA) is 0 Å². The molecule has 0 radical (unpaired) electrons. The molecule has 0 amide bonds. The highest BCUT2D eigenvalue weighted by Crippen LogP contribution is 2.37. The van der Waals surface area contributed by atoms with Gasteiger partial charge in [0.05, 0.1) is 0 Å². The molecule has 1 aliphatic rings. The van der Waals surface area contributed by atoms with E-state index in [1.54, 1.807) is 0 Å². The molecular weight excluding hydrogens is 144 g/mol. The molecule has 0 aromatic heterocycles. The van der Waals surface area contributed by atoms with Crippen molar-refractivity contribution < 1.29 is 0 Å². The van der Waals surface area contributed by atoms with Gasteiger partial charge in [-0.05, 0) is 17.8 Å². The lowest BCUT2D eigenvalue weighted by molar-refractivity contribution is 0.291. The molecule has 2 unspecified atom stereocenters. The molecule has 0 N–H and O–H groups in total. The van der Waals surface area contributed by atoms with Crippen LogP contribution in [-0.4, -0.2) is 0 Å². The standard InChI is InChI=1S/C12H20/c1-4-5-9-12(3)10-7-6-8-11(12)2/h6-8,10-11H,4-5,9H2,1-3H3. The van der Waals surface area contributed by atoms with Crippen LogP contribution in [0, 0.1) is 11.3 Å². The highest BCUT2D eigenvalue weighted by molar-refractivity contribution is 5.18. The molecule has 0 saturated heterocycles. The van der Waals surface area contributed by atoms with E-state index in [0.717, 1.165) is 0 Å². The van der Waals surface area contributed by atoms with Crippen molar-refractivity contribution in [3.63, 3.8) is 0 Å². The van der Waals surface area contributed by atoms with Gasteiger partial charge >= 0.3 is 0 Å². The first-order chi connectivity index (χ1) is 5.69. The molecule has 1 aliphatic carbocycles. The van der Waals surface area contributed by atoms with Crippen molar-refractivity contribution in [2.24, 2.45) is 11.3 Å². The Kier molecular flexibility index (Phi) is 3.13. The van der Waals surface area contributed by atoms with E-state index in [0.29, 0.717) is 11.3 Å². The molecule has 12 heavy (non-hydrogen) atoms. The Morgan fingerprint density at radius 1 is 1.33 bits per heavy atom. The Balaban J connectivity index is 2.57. The summed E-state index contributed by atoms with van der Waals surface area (Å²) in [6, 6.07) is 0. The third-order valence-corrected chi connectivity index (χ3v) is 3.10. The molecule has 0 heterocycles. The number of hydrogen-bond donors (Lipinski definition) is 0. The van der Waals surface area contributed by atoms with Gasteiger partial charge in [-0.3, -0.25) is 0 Å². The largest absolute Gasteiger partial charge is 0.0809 e. The Morgan fingerprint density at radius 2 is 2.08 bits per heavy atom. The van der Waals surface area contributed by atoms with Crippen LogP contribution < -0.4 is 0 Å². The number of rotatable bonds is 3. The summed E-state index contributed by atoms with van der Waals surface area (Å²) in [5.74, 6) is 0.703. The first-order valence-corrected chi connectivity index (χ1v) is 5.05. The minimum absolute atomic E-state index is 0.421. The lowest BCUT2D eigenvalue weighted by atomic mass is 9.72. The Morgan fingerprint density at radius 3 is 2.67 bits per heavy atom. The van der Waals surface area contributed by atoms with Crippen molar-refractivity contribution in [2.75, 3.05) is 0 Å². The van der Waals surface area contributed by atoms with Gasteiger partial charge in [0.2, 0.25) is 0 Å². The van der Waals surface area contributed by atoms with Crippen molar-refractivity contribution in [3.8, 4) is 0 Å². The zero-order valence-corrected chi connectivity index (χ0v) is 8.51. The first kappa shape index (κ1) is 9.57. The summed E-state index contributed by atoms with van der Waals surface area (Å²) >= 11 is 0. The molecule has 0 aromatic rings. The van der Waals surface area contributed by atoms with Crippen molar-refractivity contribution in [1.82, 2.24) is 0 Å². The SMILES string of the molecule is CCCCC1(C)C=CC=CC1C. The van der Waals surface area contributed by atoms with E-state index in [1.165, 1.54) is 19.3 Å². The second-order valence-electron chi connectivity index (χ2n) is 4.14. The van der Waals surface area contributed by atoms with Crippen LogP contribution in [0.5, 0.6) is 0 Å². The van der Waals surface area contributed by atoms with Crippen molar-refractivity contribution in [2.45, 2.75) is 40.0 Å². The maximum atomic E-state index is 2.37. The molecule has 68 valence electrons. The van der Waals surface area contributed by atoms with Gasteiger partial charge in [0.1, 0.15) is 0 Å². The quantitative estimate of drug-likeness (QED) is 0.592. The predicted molar refractivity (Wildman–Crippen MR) is 55.1 cm³/mol. The van der Waals surface area contributed by atoms with Gasteiger partial charge in [-0.25, -0.2) is 0 Å². The number of allylic oxidation sites excluding steroid dienone is 4. The van der Waals surface area contributed by atoms with E-state index in [9.17, 15) is 0 Å². The minimum atomic E-state index is 0.421. The van der Waals surface area contributed by atoms with E-state index >= 15 is 0 Å². The van der Waals surface area contributed by atoms with Crippen LogP contribution >= 0.6 is 0 Å². The van der Waals surface area contributed by atoms with E-state index < -0.39 is 0 Å². The van der Waals surface area contributed by atoms with E-state index in [1.807, 2.05) is 0 Å². The van der Waals surface area contributed by atoms with Crippen LogP contribution in [0.2, 0.25) is 0 Å². The van der Waals surface area contributed by atoms with Gasteiger partial charge in [0.15, 0.2) is 0 Å². The van der Waals surface area contributed by atoms with Gasteiger partial charge in [-0.2, -0.15) is 0 Å². The fourth-order valence-corrected chi connectivity index (χ4v) is 1.75. The summed E-state index contributed by atoms with van der Waals surface area (Å²) in [6.45, 7) is 6.94. The Labute approximate surface area is 76.4 Å². The summed E-state index contributed by atoms with van der Waals surface area (Å²) in [5.41, 5.74) is 0.421. The second-order valence-corrected chi connectivity index (χ2v) is 4.14. The van der Waals surface area contributed by atoms with Crippen LogP contribution in [0.1, 0.15) is 40.0 Å². The first-order valence-electron chi connectivity index (χ1n) is 5.05. The average Bonchev–Trinajstić information content (AvgIpc) is 2.07. The molecule has 0 aliphatic heterocycles.